The summed E-state index contributed by atoms with van der Waals surface area (Å²) in [7, 11) is 0. The highest BCUT2D eigenvalue weighted by molar-refractivity contribution is 5.88. The van der Waals surface area contributed by atoms with Crippen molar-refractivity contribution in [1.29, 1.82) is 0 Å². The van der Waals surface area contributed by atoms with Gasteiger partial charge in [-0.05, 0) is 19.1 Å². The average Bonchev–Trinajstić information content (AvgIpc) is 2.56. The lowest BCUT2D eigenvalue weighted by atomic mass is 10.1. The first kappa shape index (κ1) is 13.9. The standard InChI is InChI=1S/C17H13N3O2/c1-11-2-4-12(5-3-11)15-18-10-19-16(20-15)13-6-8-14(9-7-13)17(21)22/h2-10H,1H3,(H,21,22). The molecule has 1 N–H and O–H groups in total. The molecule has 1 aromatic heterocycles. The van der Waals surface area contributed by atoms with E-state index in [2.05, 4.69) is 15.0 Å². The van der Waals surface area contributed by atoms with E-state index in [0.29, 0.717) is 11.6 Å². The van der Waals surface area contributed by atoms with Gasteiger partial charge in [0.25, 0.3) is 0 Å². The Balaban J connectivity index is 1.97. The fourth-order valence-electron chi connectivity index (χ4n) is 2.04. The minimum atomic E-state index is -0.956. The maximum Gasteiger partial charge on any atom is 0.335 e. The molecule has 3 rings (SSSR count). The number of rotatable bonds is 3. The van der Waals surface area contributed by atoms with Crippen LogP contribution in [0.2, 0.25) is 0 Å². The van der Waals surface area contributed by atoms with Crippen LogP contribution in [0.3, 0.4) is 0 Å². The molecule has 0 aliphatic carbocycles. The van der Waals surface area contributed by atoms with Crippen LogP contribution in [0.4, 0.5) is 0 Å². The molecule has 0 amide bonds. The normalized spacial score (nSPS) is 10.4. The topological polar surface area (TPSA) is 76.0 Å². The summed E-state index contributed by atoms with van der Waals surface area (Å²) in [5.74, 6) is 0.150. The Morgan fingerprint density at radius 1 is 0.864 bits per heavy atom. The van der Waals surface area contributed by atoms with Gasteiger partial charge in [-0.2, -0.15) is 0 Å². The predicted octanol–water partition coefficient (Wildman–Crippen LogP) is 3.21. The number of carbonyl (C=O) groups is 1. The third-order valence-electron chi connectivity index (χ3n) is 3.27. The van der Waals surface area contributed by atoms with Gasteiger partial charge in [0.1, 0.15) is 6.33 Å². The Morgan fingerprint density at radius 2 is 1.36 bits per heavy atom. The lowest BCUT2D eigenvalue weighted by molar-refractivity contribution is 0.0697. The van der Waals surface area contributed by atoms with Gasteiger partial charge in [-0.1, -0.05) is 42.0 Å². The van der Waals surface area contributed by atoms with E-state index >= 15 is 0 Å². The largest absolute Gasteiger partial charge is 0.478 e. The highest BCUT2D eigenvalue weighted by atomic mass is 16.4. The Kier molecular flexibility index (Phi) is 3.62. The van der Waals surface area contributed by atoms with Gasteiger partial charge in [0.05, 0.1) is 5.56 Å². The van der Waals surface area contributed by atoms with Crippen LogP contribution >= 0.6 is 0 Å². The summed E-state index contributed by atoms with van der Waals surface area (Å²) in [6, 6.07) is 14.4. The van der Waals surface area contributed by atoms with Gasteiger partial charge in [0, 0.05) is 11.1 Å². The van der Waals surface area contributed by atoms with E-state index in [9.17, 15) is 4.79 Å². The zero-order chi connectivity index (χ0) is 15.5. The van der Waals surface area contributed by atoms with Gasteiger partial charge < -0.3 is 5.11 Å². The molecular weight excluding hydrogens is 278 g/mol. The molecule has 1 heterocycles. The molecule has 0 saturated heterocycles. The monoisotopic (exact) mass is 291 g/mol. The third kappa shape index (κ3) is 2.83. The number of carboxylic acid groups (broad SMARTS) is 1. The number of aryl methyl sites for hydroxylation is 1. The van der Waals surface area contributed by atoms with E-state index in [4.69, 9.17) is 5.11 Å². The second-order valence-corrected chi connectivity index (χ2v) is 4.88. The van der Waals surface area contributed by atoms with Gasteiger partial charge in [-0.3, -0.25) is 0 Å². The Morgan fingerprint density at radius 3 is 1.86 bits per heavy atom. The predicted molar refractivity (Wildman–Crippen MR) is 82.4 cm³/mol. The third-order valence-corrected chi connectivity index (χ3v) is 3.27. The van der Waals surface area contributed by atoms with E-state index < -0.39 is 5.97 Å². The Hall–Kier alpha value is -3.08. The van der Waals surface area contributed by atoms with Crippen LogP contribution in [0.1, 0.15) is 15.9 Å². The van der Waals surface area contributed by atoms with Crippen molar-refractivity contribution in [3.8, 4) is 22.8 Å². The fraction of sp³-hybridized carbons (Fsp3) is 0.0588. The molecule has 0 spiro atoms. The molecule has 0 radical (unpaired) electrons. The van der Waals surface area contributed by atoms with Gasteiger partial charge >= 0.3 is 5.97 Å². The summed E-state index contributed by atoms with van der Waals surface area (Å²) in [6.07, 6.45) is 1.46. The number of carboxylic acids is 1. The molecule has 0 bridgehead atoms. The van der Waals surface area contributed by atoms with E-state index in [1.807, 2.05) is 31.2 Å². The quantitative estimate of drug-likeness (QED) is 0.801. The number of hydrogen-bond acceptors (Lipinski definition) is 4. The SMILES string of the molecule is Cc1ccc(-c2ncnc(-c3ccc(C(=O)O)cc3)n2)cc1. The summed E-state index contributed by atoms with van der Waals surface area (Å²) >= 11 is 0. The molecule has 5 heteroatoms. The minimum Gasteiger partial charge on any atom is -0.478 e. The summed E-state index contributed by atoms with van der Waals surface area (Å²) in [4.78, 5) is 23.7. The zero-order valence-corrected chi connectivity index (χ0v) is 11.9. The smallest absolute Gasteiger partial charge is 0.335 e. The maximum atomic E-state index is 10.9. The van der Waals surface area contributed by atoms with E-state index in [1.165, 1.54) is 24.0 Å². The average molecular weight is 291 g/mol. The van der Waals surface area contributed by atoms with Crippen molar-refractivity contribution in [2.75, 3.05) is 0 Å². The fourth-order valence-corrected chi connectivity index (χ4v) is 2.04. The molecule has 0 unspecified atom stereocenters. The van der Waals surface area contributed by atoms with Crippen molar-refractivity contribution < 1.29 is 9.90 Å². The highest BCUT2D eigenvalue weighted by Gasteiger charge is 2.07. The van der Waals surface area contributed by atoms with E-state index in [-0.39, 0.29) is 5.56 Å². The van der Waals surface area contributed by atoms with Gasteiger partial charge in [-0.25, -0.2) is 19.7 Å². The Labute approximate surface area is 127 Å². The maximum absolute atomic E-state index is 10.9. The van der Waals surface area contributed by atoms with E-state index in [0.717, 1.165) is 11.1 Å². The summed E-state index contributed by atoms with van der Waals surface area (Å²) in [5.41, 5.74) is 3.07. The molecular formula is C17H13N3O2. The highest BCUT2D eigenvalue weighted by Crippen LogP contribution is 2.19. The zero-order valence-electron chi connectivity index (χ0n) is 11.9. The first-order valence-corrected chi connectivity index (χ1v) is 6.73. The Bertz CT molecular complexity index is 812. The van der Waals surface area contributed by atoms with Crippen LogP contribution in [0.5, 0.6) is 0 Å². The van der Waals surface area contributed by atoms with Crippen molar-refractivity contribution in [1.82, 2.24) is 15.0 Å². The number of benzene rings is 2. The number of aromatic nitrogens is 3. The summed E-state index contributed by atoms with van der Waals surface area (Å²) in [5, 5.41) is 8.92. The molecule has 108 valence electrons. The summed E-state index contributed by atoms with van der Waals surface area (Å²) < 4.78 is 0. The molecule has 22 heavy (non-hydrogen) atoms. The molecule has 0 fully saturated rings. The second kappa shape index (κ2) is 5.73. The molecule has 3 aromatic rings. The van der Waals surface area contributed by atoms with Crippen LogP contribution in [0, 0.1) is 6.92 Å². The van der Waals surface area contributed by atoms with Crippen molar-refractivity contribution >= 4 is 5.97 Å². The lowest BCUT2D eigenvalue weighted by Crippen LogP contribution is -1.97. The van der Waals surface area contributed by atoms with Crippen molar-refractivity contribution in [3.63, 3.8) is 0 Å². The molecule has 5 nitrogen and oxygen atoms in total. The first-order valence-electron chi connectivity index (χ1n) is 6.73. The van der Waals surface area contributed by atoms with Crippen LogP contribution in [0.15, 0.2) is 54.9 Å². The van der Waals surface area contributed by atoms with Gasteiger partial charge in [0.2, 0.25) is 0 Å². The van der Waals surface area contributed by atoms with Crippen LogP contribution in [-0.2, 0) is 0 Å². The molecule has 0 saturated carbocycles. The second-order valence-electron chi connectivity index (χ2n) is 4.88. The number of aromatic carboxylic acids is 1. The number of nitrogens with zero attached hydrogens (tertiary/aromatic N) is 3. The van der Waals surface area contributed by atoms with Crippen LogP contribution in [0.25, 0.3) is 22.8 Å². The molecule has 0 aliphatic rings. The first-order chi connectivity index (χ1) is 10.6. The lowest BCUT2D eigenvalue weighted by Gasteiger charge is -2.04. The molecule has 0 atom stereocenters. The van der Waals surface area contributed by atoms with E-state index in [1.54, 1.807) is 12.1 Å². The minimum absolute atomic E-state index is 0.233. The molecule has 0 aliphatic heterocycles. The van der Waals surface area contributed by atoms with Crippen LogP contribution < -0.4 is 0 Å². The van der Waals surface area contributed by atoms with Crippen molar-refractivity contribution in [3.05, 3.63) is 66.0 Å². The van der Waals surface area contributed by atoms with Gasteiger partial charge in [-0.15, -0.1) is 0 Å². The van der Waals surface area contributed by atoms with Crippen LogP contribution in [-0.4, -0.2) is 26.0 Å². The summed E-state index contributed by atoms with van der Waals surface area (Å²) in [6.45, 7) is 2.02. The number of hydrogen-bond donors (Lipinski definition) is 1. The van der Waals surface area contributed by atoms with Gasteiger partial charge in [0.15, 0.2) is 11.6 Å². The van der Waals surface area contributed by atoms with Crippen molar-refractivity contribution in [2.24, 2.45) is 0 Å². The van der Waals surface area contributed by atoms with Crippen molar-refractivity contribution in [2.45, 2.75) is 6.92 Å². The molecule has 2 aromatic carbocycles.